The molecule has 0 spiro atoms. The van der Waals surface area contributed by atoms with Crippen LogP contribution in [0.1, 0.15) is 26.2 Å². The number of hydrogen-bond donors (Lipinski definition) is 3. The number of nitrogens with one attached hydrogen (secondary N) is 2. The third-order valence-electron chi connectivity index (χ3n) is 2.68. The number of rotatable bonds is 6. The average Bonchev–Trinajstić information content (AvgIpc) is 2.64. The van der Waals surface area contributed by atoms with E-state index in [1.54, 1.807) is 0 Å². The maximum Gasteiger partial charge on any atom is 0.0456 e. The van der Waals surface area contributed by atoms with Crippen LogP contribution in [0.2, 0.25) is 0 Å². The Kier molecular flexibility index (Phi) is 5.35. The molecule has 0 aromatic heterocycles. The largest absolute Gasteiger partial charge is 0.396 e. The molecule has 1 fully saturated rings. The van der Waals surface area contributed by atoms with Gasteiger partial charge in [-0.05, 0) is 38.3 Å². The van der Waals surface area contributed by atoms with E-state index >= 15 is 0 Å². The molecule has 1 aliphatic heterocycles. The molecule has 2 unspecified atom stereocenters. The summed E-state index contributed by atoms with van der Waals surface area (Å²) in [4.78, 5) is 0. The van der Waals surface area contributed by atoms with Crippen molar-refractivity contribution >= 4 is 0 Å². The Morgan fingerprint density at radius 2 is 2.46 bits per heavy atom. The first-order valence-electron chi connectivity index (χ1n) is 5.38. The van der Waals surface area contributed by atoms with Crippen molar-refractivity contribution in [3.05, 3.63) is 0 Å². The summed E-state index contributed by atoms with van der Waals surface area (Å²) in [6.45, 7) is 5.79. The molecule has 1 saturated heterocycles. The molecule has 0 radical (unpaired) electrons. The fourth-order valence-corrected chi connectivity index (χ4v) is 1.68. The number of hydrogen-bond acceptors (Lipinski definition) is 3. The quantitative estimate of drug-likeness (QED) is 0.524. The Bertz CT molecular complexity index is 124. The predicted octanol–water partition coefficient (Wildman–Crippen LogP) is 0.346. The minimum absolute atomic E-state index is 0.324. The summed E-state index contributed by atoms with van der Waals surface area (Å²) in [5.41, 5.74) is 0. The Labute approximate surface area is 80.9 Å². The first-order valence-corrected chi connectivity index (χ1v) is 5.38. The van der Waals surface area contributed by atoms with Gasteiger partial charge in [-0.2, -0.15) is 0 Å². The van der Waals surface area contributed by atoms with Crippen LogP contribution in [-0.2, 0) is 0 Å². The fraction of sp³-hybridized carbons (Fsp3) is 1.00. The summed E-state index contributed by atoms with van der Waals surface area (Å²) in [6, 6.07) is 0.685. The highest BCUT2D eigenvalue weighted by molar-refractivity contribution is 4.76. The molecule has 0 aromatic carbocycles. The standard InChI is InChI=1S/C10H22N2O/c1-9(8-13)3-2-5-12-10-4-6-11-7-10/h9-13H,2-8H2,1H3. The van der Waals surface area contributed by atoms with Crippen LogP contribution >= 0.6 is 0 Å². The van der Waals surface area contributed by atoms with Crippen molar-refractivity contribution in [1.29, 1.82) is 0 Å². The number of aliphatic hydroxyl groups excluding tert-OH is 1. The van der Waals surface area contributed by atoms with Crippen molar-refractivity contribution < 1.29 is 5.11 Å². The molecule has 2 atom stereocenters. The van der Waals surface area contributed by atoms with E-state index in [1.807, 2.05) is 0 Å². The first-order chi connectivity index (χ1) is 6.33. The van der Waals surface area contributed by atoms with Crippen LogP contribution in [0.5, 0.6) is 0 Å². The second-order valence-corrected chi connectivity index (χ2v) is 4.07. The van der Waals surface area contributed by atoms with Crippen LogP contribution in [-0.4, -0.2) is 37.4 Å². The first kappa shape index (κ1) is 11.0. The van der Waals surface area contributed by atoms with Crippen molar-refractivity contribution in [3.8, 4) is 0 Å². The van der Waals surface area contributed by atoms with Crippen LogP contribution in [0.15, 0.2) is 0 Å². The van der Waals surface area contributed by atoms with Gasteiger partial charge in [-0.15, -0.1) is 0 Å². The lowest BCUT2D eigenvalue weighted by atomic mass is 10.1. The van der Waals surface area contributed by atoms with Crippen molar-refractivity contribution in [3.63, 3.8) is 0 Å². The lowest BCUT2D eigenvalue weighted by Gasteiger charge is -2.12. The highest BCUT2D eigenvalue weighted by atomic mass is 16.3. The Balaban J connectivity index is 1.88. The van der Waals surface area contributed by atoms with E-state index in [4.69, 9.17) is 5.11 Å². The molecule has 1 heterocycles. The zero-order valence-electron chi connectivity index (χ0n) is 8.55. The second kappa shape index (κ2) is 6.35. The lowest BCUT2D eigenvalue weighted by molar-refractivity contribution is 0.227. The monoisotopic (exact) mass is 186 g/mol. The Morgan fingerprint density at radius 1 is 1.62 bits per heavy atom. The summed E-state index contributed by atoms with van der Waals surface area (Å²) < 4.78 is 0. The van der Waals surface area contributed by atoms with Gasteiger partial charge in [0.1, 0.15) is 0 Å². The molecular formula is C10H22N2O. The zero-order valence-corrected chi connectivity index (χ0v) is 8.55. The predicted molar refractivity (Wildman–Crippen MR) is 54.8 cm³/mol. The van der Waals surface area contributed by atoms with Crippen molar-refractivity contribution in [2.75, 3.05) is 26.2 Å². The molecule has 1 rings (SSSR count). The van der Waals surface area contributed by atoms with Crippen LogP contribution in [0.4, 0.5) is 0 Å². The summed E-state index contributed by atoms with van der Waals surface area (Å²) >= 11 is 0. The van der Waals surface area contributed by atoms with Gasteiger partial charge in [-0.25, -0.2) is 0 Å². The minimum atomic E-state index is 0.324. The fourth-order valence-electron chi connectivity index (χ4n) is 1.68. The topological polar surface area (TPSA) is 44.3 Å². The average molecular weight is 186 g/mol. The van der Waals surface area contributed by atoms with E-state index in [9.17, 15) is 0 Å². The van der Waals surface area contributed by atoms with Gasteiger partial charge < -0.3 is 15.7 Å². The second-order valence-electron chi connectivity index (χ2n) is 4.07. The third kappa shape index (κ3) is 4.60. The van der Waals surface area contributed by atoms with E-state index < -0.39 is 0 Å². The van der Waals surface area contributed by atoms with Gasteiger partial charge in [0.2, 0.25) is 0 Å². The van der Waals surface area contributed by atoms with E-state index in [0.29, 0.717) is 18.6 Å². The Morgan fingerprint density at radius 3 is 3.08 bits per heavy atom. The molecule has 0 saturated carbocycles. The van der Waals surface area contributed by atoms with E-state index in [2.05, 4.69) is 17.6 Å². The summed E-state index contributed by atoms with van der Waals surface area (Å²) in [7, 11) is 0. The van der Waals surface area contributed by atoms with Crippen molar-refractivity contribution in [2.24, 2.45) is 5.92 Å². The van der Waals surface area contributed by atoms with Gasteiger partial charge in [-0.3, -0.25) is 0 Å². The molecule has 0 bridgehead atoms. The normalized spacial score (nSPS) is 24.9. The lowest BCUT2D eigenvalue weighted by Crippen LogP contribution is -2.31. The molecule has 3 N–H and O–H groups in total. The van der Waals surface area contributed by atoms with Gasteiger partial charge in [0.05, 0.1) is 0 Å². The minimum Gasteiger partial charge on any atom is -0.396 e. The summed E-state index contributed by atoms with van der Waals surface area (Å²) in [5.74, 6) is 0.462. The molecule has 3 heteroatoms. The maximum atomic E-state index is 8.82. The highest BCUT2D eigenvalue weighted by Crippen LogP contribution is 2.03. The van der Waals surface area contributed by atoms with Crippen molar-refractivity contribution in [1.82, 2.24) is 10.6 Å². The summed E-state index contributed by atoms with van der Waals surface area (Å²) in [5, 5.41) is 15.7. The molecule has 0 aliphatic carbocycles. The molecule has 0 amide bonds. The summed E-state index contributed by atoms with van der Waals surface area (Å²) in [6.07, 6.45) is 3.57. The van der Waals surface area contributed by atoms with Crippen LogP contribution in [0.25, 0.3) is 0 Å². The van der Waals surface area contributed by atoms with E-state index in [1.165, 1.54) is 12.8 Å². The molecule has 3 nitrogen and oxygen atoms in total. The third-order valence-corrected chi connectivity index (χ3v) is 2.68. The smallest absolute Gasteiger partial charge is 0.0456 e. The van der Waals surface area contributed by atoms with Crippen LogP contribution < -0.4 is 10.6 Å². The maximum absolute atomic E-state index is 8.82. The molecule has 1 aliphatic rings. The molecule has 78 valence electrons. The number of aliphatic hydroxyl groups is 1. The van der Waals surface area contributed by atoms with Crippen LogP contribution in [0.3, 0.4) is 0 Å². The molecule has 13 heavy (non-hydrogen) atoms. The van der Waals surface area contributed by atoms with E-state index in [-0.39, 0.29) is 0 Å². The van der Waals surface area contributed by atoms with Gasteiger partial charge in [0, 0.05) is 19.2 Å². The zero-order chi connectivity index (χ0) is 9.52. The van der Waals surface area contributed by atoms with Crippen molar-refractivity contribution in [2.45, 2.75) is 32.2 Å². The van der Waals surface area contributed by atoms with E-state index in [0.717, 1.165) is 26.1 Å². The van der Waals surface area contributed by atoms with Gasteiger partial charge in [-0.1, -0.05) is 6.92 Å². The SMILES string of the molecule is CC(CO)CCCNC1CCNC1. The van der Waals surface area contributed by atoms with Gasteiger partial charge >= 0.3 is 0 Å². The van der Waals surface area contributed by atoms with Crippen LogP contribution in [0, 0.1) is 5.92 Å². The highest BCUT2D eigenvalue weighted by Gasteiger charge is 2.12. The molecular weight excluding hydrogens is 164 g/mol. The van der Waals surface area contributed by atoms with Gasteiger partial charge in [0.15, 0.2) is 0 Å². The molecule has 0 aromatic rings. The van der Waals surface area contributed by atoms with Gasteiger partial charge in [0.25, 0.3) is 0 Å². The Hall–Kier alpha value is -0.120.